The molecule has 0 spiro atoms. The molecule has 1 N–H and O–H groups in total. The molecule has 0 bridgehead atoms. The van der Waals surface area contributed by atoms with Crippen molar-refractivity contribution in [3.63, 3.8) is 0 Å². The van der Waals surface area contributed by atoms with E-state index in [9.17, 15) is 9.90 Å². The van der Waals surface area contributed by atoms with Gasteiger partial charge in [-0.25, -0.2) is 4.79 Å². The van der Waals surface area contributed by atoms with E-state index in [0.29, 0.717) is 12.2 Å². The molecular weight excluding hydrogens is 244 g/mol. The van der Waals surface area contributed by atoms with Crippen LogP contribution in [0.3, 0.4) is 0 Å². The Bertz CT molecular complexity index is 578. The molecule has 2 aromatic carbocycles. The lowest BCUT2D eigenvalue weighted by Gasteiger charge is -2.10. The molecule has 2 aromatic rings. The Labute approximate surface area is 111 Å². The monoisotopic (exact) mass is 258 g/mol. The van der Waals surface area contributed by atoms with Crippen molar-refractivity contribution in [3.05, 3.63) is 59.7 Å². The first-order chi connectivity index (χ1) is 9.20. The minimum Gasteiger partial charge on any atom is -0.508 e. The lowest BCUT2D eigenvalue weighted by molar-refractivity contribution is 0.121. The summed E-state index contributed by atoms with van der Waals surface area (Å²) in [5.41, 5.74) is 1.57. The number of ether oxygens (including phenoxy) is 2. The van der Waals surface area contributed by atoms with E-state index >= 15 is 0 Å². The van der Waals surface area contributed by atoms with Gasteiger partial charge < -0.3 is 14.6 Å². The molecular formula is C15H14O4. The van der Waals surface area contributed by atoms with E-state index in [2.05, 4.69) is 4.74 Å². The van der Waals surface area contributed by atoms with Crippen LogP contribution < -0.4 is 4.74 Å². The van der Waals surface area contributed by atoms with E-state index in [1.807, 2.05) is 24.3 Å². The fraction of sp³-hybridized carbons (Fsp3) is 0.133. The van der Waals surface area contributed by atoms with Gasteiger partial charge in [0.25, 0.3) is 0 Å². The van der Waals surface area contributed by atoms with E-state index in [4.69, 9.17) is 4.74 Å². The summed E-state index contributed by atoms with van der Waals surface area (Å²) in [6, 6.07) is 14.2. The van der Waals surface area contributed by atoms with Gasteiger partial charge in [-0.3, -0.25) is 0 Å². The molecule has 4 heteroatoms. The average Bonchev–Trinajstić information content (AvgIpc) is 2.43. The molecule has 0 amide bonds. The third-order valence-corrected chi connectivity index (χ3v) is 2.71. The first kappa shape index (κ1) is 13.0. The third-order valence-electron chi connectivity index (χ3n) is 2.71. The highest BCUT2D eigenvalue weighted by atomic mass is 16.7. The minimum absolute atomic E-state index is 0.218. The molecule has 98 valence electrons. The SMILES string of the molecule is COC(=O)Oc1ccccc1Cc1ccccc1O. The van der Waals surface area contributed by atoms with Crippen LogP contribution in [-0.4, -0.2) is 18.4 Å². The standard InChI is InChI=1S/C15H14O4/c1-18-15(17)19-14-9-5-3-7-12(14)10-11-6-2-4-8-13(11)16/h2-9,16H,10H2,1H3. The predicted octanol–water partition coefficient (Wildman–Crippen LogP) is 3.13. The van der Waals surface area contributed by atoms with Crippen molar-refractivity contribution < 1.29 is 19.4 Å². The van der Waals surface area contributed by atoms with Crippen molar-refractivity contribution in [1.29, 1.82) is 0 Å². The zero-order valence-electron chi connectivity index (χ0n) is 10.5. The summed E-state index contributed by atoms with van der Waals surface area (Å²) < 4.78 is 9.54. The first-order valence-corrected chi connectivity index (χ1v) is 5.81. The largest absolute Gasteiger partial charge is 0.513 e. The number of hydrogen-bond acceptors (Lipinski definition) is 4. The molecule has 0 fully saturated rings. The Hall–Kier alpha value is -2.49. The highest BCUT2D eigenvalue weighted by molar-refractivity contribution is 5.64. The van der Waals surface area contributed by atoms with Gasteiger partial charge in [0.05, 0.1) is 7.11 Å². The maximum Gasteiger partial charge on any atom is 0.513 e. The van der Waals surface area contributed by atoms with E-state index in [1.165, 1.54) is 7.11 Å². The van der Waals surface area contributed by atoms with Gasteiger partial charge in [-0.2, -0.15) is 0 Å². The molecule has 0 radical (unpaired) electrons. The summed E-state index contributed by atoms with van der Waals surface area (Å²) in [4.78, 5) is 11.2. The normalized spacial score (nSPS) is 9.95. The van der Waals surface area contributed by atoms with E-state index in [1.54, 1.807) is 24.3 Å². The number of rotatable bonds is 3. The maximum atomic E-state index is 11.2. The number of para-hydroxylation sites is 2. The second-order valence-corrected chi connectivity index (χ2v) is 3.97. The number of carbonyl (C=O) groups is 1. The van der Waals surface area contributed by atoms with Gasteiger partial charge in [-0.15, -0.1) is 0 Å². The van der Waals surface area contributed by atoms with Gasteiger partial charge in [0.15, 0.2) is 0 Å². The quantitative estimate of drug-likeness (QED) is 0.678. The minimum atomic E-state index is -0.760. The van der Waals surface area contributed by atoms with Crippen LogP contribution in [0.4, 0.5) is 4.79 Å². The molecule has 0 atom stereocenters. The summed E-state index contributed by atoms with van der Waals surface area (Å²) in [6.07, 6.45) is -0.287. The molecule has 0 unspecified atom stereocenters. The van der Waals surface area contributed by atoms with Crippen molar-refractivity contribution >= 4 is 6.16 Å². The second-order valence-electron chi connectivity index (χ2n) is 3.97. The summed E-state index contributed by atoms with van der Waals surface area (Å²) >= 11 is 0. The summed E-state index contributed by atoms with van der Waals surface area (Å²) in [5.74, 6) is 0.646. The number of phenols is 1. The van der Waals surface area contributed by atoms with E-state index in [-0.39, 0.29) is 5.75 Å². The van der Waals surface area contributed by atoms with Crippen LogP contribution in [0.5, 0.6) is 11.5 Å². The Morgan fingerprint density at radius 3 is 2.37 bits per heavy atom. The molecule has 0 aliphatic rings. The number of hydrogen-bond donors (Lipinski definition) is 1. The number of phenolic OH excluding ortho intramolecular Hbond substituents is 1. The molecule has 19 heavy (non-hydrogen) atoms. The smallest absolute Gasteiger partial charge is 0.508 e. The van der Waals surface area contributed by atoms with Gasteiger partial charge in [-0.1, -0.05) is 36.4 Å². The van der Waals surface area contributed by atoms with Crippen molar-refractivity contribution in [3.8, 4) is 11.5 Å². The van der Waals surface area contributed by atoms with Crippen molar-refractivity contribution in [1.82, 2.24) is 0 Å². The van der Waals surface area contributed by atoms with Crippen LogP contribution in [0, 0.1) is 0 Å². The van der Waals surface area contributed by atoms with Crippen LogP contribution in [0.1, 0.15) is 11.1 Å². The van der Waals surface area contributed by atoms with Gasteiger partial charge in [0, 0.05) is 6.42 Å². The highest BCUT2D eigenvalue weighted by Gasteiger charge is 2.10. The fourth-order valence-corrected chi connectivity index (χ4v) is 1.75. The molecule has 0 aromatic heterocycles. The van der Waals surface area contributed by atoms with Gasteiger partial charge in [-0.05, 0) is 23.3 Å². The van der Waals surface area contributed by atoms with Crippen LogP contribution in [0.2, 0.25) is 0 Å². The lowest BCUT2D eigenvalue weighted by atomic mass is 10.0. The van der Waals surface area contributed by atoms with E-state index in [0.717, 1.165) is 11.1 Å². The first-order valence-electron chi connectivity index (χ1n) is 5.81. The van der Waals surface area contributed by atoms with E-state index < -0.39 is 6.16 Å². The average molecular weight is 258 g/mol. The van der Waals surface area contributed by atoms with Crippen molar-refractivity contribution in [2.24, 2.45) is 0 Å². The third kappa shape index (κ3) is 3.25. The number of aromatic hydroxyl groups is 1. The van der Waals surface area contributed by atoms with Crippen LogP contribution in [-0.2, 0) is 11.2 Å². The molecule has 0 aliphatic heterocycles. The lowest BCUT2D eigenvalue weighted by Crippen LogP contribution is -2.09. The van der Waals surface area contributed by atoms with Crippen LogP contribution >= 0.6 is 0 Å². The predicted molar refractivity (Wildman–Crippen MR) is 70.4 cm³/mol. The molecule has 0 aliphatic carbocycles. The molecule has 2 rings (SSSR count). The Morgan fingerprint density at radius 2 is 1.68 bits per heavy atom. The molecule has 0 saturated heterocycles. The number of methoxy groups -OCH3 is 1. The second kappa shape index (κ2) is 5.91. The zero-order chi connectivity index (χ0) is 13.7. The van der Waals surface area contributed by atoms with Crippen LogP contribution in [0.25, 0.3) is 0 Å². The number of benzene rings is 2. The molecule has 4 nitrogen and oxygen atoms in total. The maximum absolute atomic E-state index is 11.2. The molecule has 0 heterocycles. The summed E-state index contributed by atoms with van der Waals surface area (Å²) in [5, 5.41) is 9.76. The van der Waals surface area contributed by atoms with Gasteiger partial charge in [0.2, 0.25) is 0 Å². The highest BCUT2D eigenvalue weighted by Crippen LogP contribution is 2.25. The fourth-order valence-electron chi connectivity index (χ4n) is 1.75. The van der Waals surface area contributed by atoms with Crippen molar-refractivity contribution in [2.45, 2.75) is 6.42 Å². The van der Waals surface area contributed by atoms with Crippen molar-refractivity contribution in [2.75, 3.05) is 7.11 Å². The van der Waals surface area contributed by atoms with Crippen LogP contribution in [0.15, 0.2) is 48.5 Å². The molecule has 0 saturated carbocycles. The summed E-state index contributed by atoms with van der Waals surface area (Å²) in [6.45, 7) is 0. The number of carbonyl (C=O) groups excluding carboxylic acids is 1. The Balaban J connectivity index is 2.25. The van der Waals surface area contributed by atoms with Gasteiger partial charge in [0.1, 0.15) is 11.5 Å². The zero-order valence-corrected chi connectivity index (χ0v) is 10.5. The Kier molecular flexibility index (Phi) is 4.03. The summed E-state index contributed by atoms with van der Waals surface area (Å²) in [7, 11) is 1.26. The Morgan fingerprint density at radius 1 is 1.05 bits per heavy atom. The van der Waals surface area contributed by atoms with Gasteiger partial charge >= 0.3 is 6.16 Å². The topological polar surface area (TPSA) is 55.8 Å².